The molecule has 0 aliphatic rings. The summed E-state index contributed by atoms with van der Waals surface area (Å²) < 4.78 is 0. The quantitative estimate of drug-likeness (QED) is 0.772. The maximum absolute atomic E-state index is 6.12. The Morgan fingerprint density at radius 3 is 2.62 bits per heavy atom. The maximum atomic E-state index is 6.12. The van der Waals surface area contributed by atoms with Crippen molar-refractivity contribution in [3.63, 3.8) is 0 Å². The zero-order chi connectivity index (χ0) is 12.0. The summed E-state index contributed by atoms with van der Waals surface area (Å²) in [4.78, 5) is 8.33. The average molecular weight is 222 g/mol. The Labute approximate surface area is 97.7 Å². The van der Waals surface area contributed by atoms with Crippen molar-refractivity contribution in [2.45, 2.75) is 39.7 Å². The maximum Gasteiger partial charge on any atom is 0.129 e. The van der Waals surface area contributed by atoms with Crippen molar-refractivity contribution in [3.8, 4) is 0 Å². The van der Waals surface area contributed by atoms with Gasteiger partial charge >= 0.3 is 0 Å². The molecule has 0 spiro atoms. The number of nitrogens with two attached hydrogens (primary N) is 1. The molecule has 3 N–H and O–H groups in total. The minimum absolute atomic E-state index is 0.185. The molecule has 0 saturated carbocycles. The minimum atomic E-state index is 0.185. The summed E-state index contributed by atoms with van der Waals surface area (Å²) in [6.45, 7) is 7.01. The molecule has 0 saturated heterocycles. The Kier molecular flexibility index (Phi) is 5.19. The second kappa shape index (κ2) is 6.43. The largest absolute Gasteiger partial charge is 0.368 e. The number of rotatable bonds is 6. The van der Waals surface area contributed by atoms with Gasteiger partial charge in [-0.05, 0) is 18.9 Å². The lowest BCUT2D eigenvalue weighted by Crippen LogP contribution is -2.36. The second-order valence-electron chi connectivity index (χ2n) is 4.11. The van der Waals surface area contributed by atoms with Gasteiger partial charge in [0, 0.05) is 18.8 Å². The van der Waals surface area contributed by atoms with E-state index in [2.05, 4.69) is 29.1 Å². The molecule has 0 aromatic carbocycles. The van der Waals surface area contributed by atoms with E-state index in [9.17, 15) is 0 Å². The summed E-state index contributed by atoms with van der Waals surface area (Å²) in [5.74, 6) is 2.21. The molecule has 0 aliphatic carbocycles. The fraction of sp³-hybridized carbons (Fsp3) is 0.667. The standard InChI is InChI=1S/C12H22N4/c1-4-10(5-2)11(13)8-15-12-6-7-14-9(3)16-12/h6-7,10-11H,4-5,8,13H2,1-3H3,(H,14,15,16). The van der Waals surface area contributed by atoms with Crippen molar-refractivity contribution in [3.05, 3.63) is 18.1 Å². The van der Waals surface area contributed by atoms with Crippen molar-refractivity contribution in [1.82, 2.24) is 9.97 Å². The van der Waals surface area contributed by atoms with Gasteiger partial charge in [0.25, 0.3) is 0 Å². The van der Waals surface area contributed by atoms with Crippen LogP contribution in [-0.2, 0) is 0 Å². The van der Waals surface area contributed by atoms with E-state index in [-0.39, 0.29) is 6.04 Å². The fourth-order valence-electron chi connectivity index (χ4n) is 1.84. The van der Waals surface area contributed by atoms with E-state index in [1.807, 2.05) is 13.0 Å². The Balaban J connectivity index is 2.45. The van der Waals surface area contributed by atoms with Crippen molar-refractivity contribution in [2.24, 2.45) is 11.7 Å². The van der Waals surface area contributed by atoms with Crippen LogP contribution < -0.4 is 11.1 Å². The number of aryl methyl sites for hydroxylation is 1. The molecule has 1 atom stereocenters. The van der Waals surface area contributed by atoms with Crippen molar-refractivity contribution in [1.29, 1.82) is 0 Å². The topological polar surface area (TPSA) is 63.8 Å². The first-order valence-corrected chi connectivity index (χ1v) is 5.96. The number of hydrogen-bond acceptors (Lipinski definition) is 4. The van der Waals surface area contributed by atoms with E-state index in [1.165, 1.54) is 0 Å². The highest BCUT2D eigenvalue weighted by molar-refractivity contribution is 5.32. The number of nitrogens with zero attached hydrogens (tertiary/aromatic N) is 2. The van der Waals surface area contributed by atoms with Gasteiger partial charge < -0.3 is 11.1 Å². The average Bonchev–Trinajstić information content (AvgIpc) is 2.28. The lowest BCUT2D eigenvalue weighted by Gasteiger charge is -2.21. The highest BCUT2D eigenvalue weighted by Crippen LogP contribution is 2.12. The number of aromatic nitrogens is 2. The van der Waals surface area contributed by atoms with Crippen LogP contribution in [0.15, 0.2) is 12.3 Å². The summed E-state index contributed by atoms with van der Waals surface area (Å²) in [5.41, 5.74) is 6.12. The summed E-state index contributed by atoms with van der Waals surface area (Å²) >= 11 is 0. The summed E-state index contributed by atoms with van der Waals surface area (Å²) in [6, 6.07) is 2.05. The van der Waals surface area contributed by atoms with E-state index >= 15 is 0 Å². The van der Waals surface area contributed by atoms with Gasteiger partial charge in [-0.2, -0.15) is 0 Å². The van der Waals surface area contributed by atoms with Gasteiger partial charge in [0.2, 0.25) is 0 Å². The van der Waals surface area contributed by atoms with Crippen molar-refractivity contribution in [2.75, 3.05) is 11.9 Å². The Morgan fingerprint density at radius 1 is 1.38 bits per heavy atom. The van der Waals surface area contributed by atoms with Gasteiger partial charge in [0.15, 0.2) is 0 Å². The highest BCUT2D eigenvalue weighted by Gasteiger charge is 2.13. The molecule has 0 amide bonds. The molecular weight excluding hydrogens is 200 g/mol. The molecule has 1 heterocycles. The predicted molar refractivity (Wildman–Crippen MR) is 67.3 cm³/mol. The van der Waals surface area contributed by atoms with Gasteiger partial charge in [-0.1, -0.05) is 26.7 Å². The van der Waals surface area contributed by atoms with E-state index in [4.69, 9.17) is 5.73 Å². The van der Waals surface area contributed by atoms with Gasteiger partial charge in [-0.15, -0.1) is 0 Å². The second-order valence-corrected chi connectivity index (χ2v) is 4.11. The molecule has 0 aliphatic heterocycles. The zero-order valence-electron chi connectivity index (χ0n) is 10.4. The predicted octanol–water partition coefficient (Wildman–Crippen LogP) is 1.96. The lowest BCUT2D eigenvalue weighted by molar-refractivity contribution is 0.407. The van der Waals surface area contributed by atoms with Crippen LogP contribution in [0.5, 0.6) is 0 Å². The minimum Gasteiger partial charge on any atom is -0.368 e. The molecule has 0 fully saturated rings. The third kappa shape index (κ3) is 3.77. The van der Waals surface area contributed by atoms with Gasteiger partial charge in [-0.3, -0.25) is 0 Å². The molecule has 4 nitrogen and oxygen atoms in total. The van der Waals surface area contributed by atoms with Crippen LogP contribution in [-0.4, -0.2) is 22.6 Å². The SMILES string of the molecule is CCC(CC)C(N)CNc1ccnc(C)n1. The van der Waals surface area contributed by atoms with Crippen LogP contribution in [0.1, 0.15) is 32.5 Å². The third-order valence-electron chi connectivity index (χ3n) is 2.95. The number of hydrogen-bond donors (Lipinski definition) is 2. The first kappa shape index (κ1) is 12.9. The molecular formula is C12H22N4. The molecule has 1 rings (SSSR count). The van der Waals surface area contributed by atoms with Gasteiger partial charge in [-0.25, -0.2) is 9.97 Å². The normalized spacial score (nSPS) is 12.8. The fourth-order valence-corrected chi connectivity index (χ4v) is 1.84. The first-order valence-electron chi connectivity index (χ1n) is 5.96. The Bertz CT molecular complexity index is 310. The van der Waals surface area contributed by atoms with Crippen LogP contribution in [0, 0.1) is 12.8 Å². The monoisotopic (exact) mass is 222 g/mol. The Morgan fingerprint density at radius 2 is 2.06 bits per heavy atom. The van der Waals surface area contributed by atoms with Crippen LogP contribution in [0.4, 0.5) is 5.82 Å². The molecule has 1 aromatic heterocycles. The molecule has 0 bridgehead atoms. The third-order valence-corrected chi connectivity index (χ3v) is 2.95. The number of nitrogens with one attached hydrogen (secondary N) is 1. The summed E-state index contributed by atoms with van der Waals surface area (Å²) in [6.07, 6.45) is 4.01. The molecule has 90 valence electrons. The van der Waals surface area contributed by atoms with Crippen LogP contribution in [0.3, 0.4) is 0 Å². The smallest absolute Gasteiger partial charge is 0.129 e. The van der Waals surface area contributed by atoms with Gasteiger partial charge in [0.05, 0.1) is 0 Å². The molecule has 4 heteroatoms. The van der Waals surface area contributed by atoms with Crippen LogP contribution in [0.25, 0.3) is 0 Å². The van der Waals surface area contributed by atoms with Gasteiger partial charge in [0.1, 0.15) is 11.6 Å². The van der Waals surface area contributed by atoms with Crippen molar-refractivity contribution < 1.29 is 0 Å². The van der Waals surface area contributed by atoms with E-state index in [1.54, 1.807) is 6.20 Å². The molecule has 16 heavy (non-hydrogen) atoms. The number of anilines is 1. The van der Waals surface area contributed by atoms with Crippen molar-refractivity contribution >= 4 is 5.82 Å². The Hall–Kier alpha value is -1.16. The summed E-state index contributed by atoms with van der Waals surface area (Å²) in [7, 11) is 0. The van der Waals surface area contributed by atoms with E-state index < -0.39 is 0 Å². The molecule has 0 radical (unpaired) electrons. The zero-order valence-corrected chi connectivity index (χ0v) is 10.4. The van der Waals surface area contributed by atoms with Crippen LogP contribution in [0.2, 0.25) is 0 Å². The van der Waals surface area contributed by atoms with E-state index in [0.29, 0.717) is 5.92 Å². The molecule has 1 aromatic rings. The first-order chi connectivity index (χ1) is 7.67. The molecule has 1 unspecified atom stereocenters. The van der Waals surface area contributed by atoms with E-state index in [0.717, 1.165) is 31.0 Å². The summed E-state index contributed by atoms with van der Waals surface area (Å²) in [5, 5.41) is 3.26. The highest BCUT2D eigenvalue weighted by atomic mass is 15.0. The lowest BCUT2D eigenvalue weighted by atomic mass is 9.95. The van der Waals surface area contributed by atoms with Crippen LogP contribution >= 0.6 is 0 Å².